The van der Waals surface area contributed by atoms with Gasteiger partial charge in [-0.1, -0.05) is 24.3 Å². The Balaban J connectivity index is 0.000000504. The summed E-state index contributed by atoms with van der Waals surface area (Å²) in [7, 11) is 4.72. The third-order valence-corrected chi connectivity index (χ3v) is 3.83. The minimum Gasteiger partial charge on any atom is -0.497 e. The van der Waals surface area contributed by atoms with Gasteiger partial charge < -0.3 is 19.9 Å². The molecule has 0 heterocycles. The number of nitrogens with two attached hydrogens (primary N) is 1. The first-order valence-electron chi connectivity index (χ1n) is 8.65. The summed E-state index contributed by atoms with van der Waals surface area (Å²) in [6.45, 7) is 0.701. The van der Waals surface area contributed by atoms with E-state index in [1.807, 2.05) is 48.5 Å². The van der Waals surface area contributed by atoms with E-state index >= 15 is 0 Å². The molecule has 6 heteroatoms. The van der Waals surface area contributed by atoms with Gasteiger partial charge in [-0.25, -0.2) is 0 Å². The molecule has 2 aromatic rings. The monoisotopic (exact) mass is 395 g/mol. The van der Waals surface area contributed by atoms with E-state index < -0.39 is 0 Å². The van der Waals surface area contributed by atoms with E-state index in [-0.39, 0.29) is 18.4 Å². The lowest BCUT2D eigenvalue weighted by Crippen LogP contribution is -2.02. The quantitative estimate of drug-likeness (QED) is 0.688. The number of hydrogen-bond donors (Lipinski definition) is 1. The Hall–Kier alpha value is -2.24. The molecule has 0 radical (unpaired) electrons. The Morgan fingerprint density at radius 1 is 0.815 bits per heavy atom. The third kappa shape index (κ3) is 10.5. The predicted octanol–water partition coefficient (Wildman–Crippen LogP) is 3.81. The predicted molar refractivity (Wildman–Crippen MR) is 111 cm³/mol. The van der Waals surface area contributed by atoms with Crippen molar-refractivity contribution in [1.82, 2.24) is 0 Å². The van der Waals surface area contributed by atoms with Crippen LogP contribution in [0.4, 0.5) is 0 Å². The van der Waals surface area contributed by atoms with Crippen LogP contribution in [0.15, 0.2) is 48.5 Å². The van der Waals surface area contributed by atoms with Gasteiger partial charge in [-0.15, -0.1) is 12.4 Å². The number of ether oxygens (including phenoxy) is 3. The number of carbonyl (C=O) groups is 1. The molecule has 150 valence electrons. The van der Waals surface area contributed by atoms with Gasteiger partial charge in [0.25, 0.3) is 0 Å². The van der Waals surface area contributed by atoms with Gasteiger partial charge in [0.05, 0.1) is 21.3 Å². The molecule has 2 rings (SSSR count). The molecule has 27 heavy (non-hydrogen) atoms. The Kier molecular flexibility index (Phi) is 13.6. The second-order valence-electron chi connectivity index (χ2n) is 5.66. The highest BCUT2D eigenvalue weighted by molar-refractivity contribution is 5.85. The van der Waals surface area contributed by atoms with Crippen LogP contribution in [0.2, 0.25) is 0 Å². The molecular weight excluding hydrogens is 366 g/mol. The molecule has 0 aromatic heterocycles. The Bertz CT molecular complexity index is 630. The normalized spacial score (nSPS) is 9.33. The van der Waals surface area contributed by atoms with Gasteiger partial charge in [-0.3, -0.25) is 4.79 Å². The largest absolute Gasteiger partial charge is 0.497 e. The summed E-state index contributed by atoms with van der Waals surface area (Å²) in [6, 6.07) is 15.8. The molecule has 0 atom stereocenters. The first-order chi connectivity index (χ1) is 12.6. The number of esters is 1. The standard InChI is InChI=1S/C12H16O3.C9H13NO.ClH/c1-14-11-8-6-10(7-9-11)4-3-5-12(13)15-2;1-11-9-4-2-8(3-5-9)6-7-10;/h6-9H,3-5H2,1-2H3;2-5H,6-7,10H2,1H3;1H. The molecule has 0 aliphatic carbocycles. The highest BCUT2D eigenvalue weighted by atomic mass is 35.5. The SMILES string of the molecule is COC(=O)CCCc1ccc(OC)cc1.COc1ccc(CCN)cc1.Cl. The summed E-state index contributed by atoms with van der Waals surface area (Å²) in [5, 5.41) is 0. The number of carbonyl (C=O) groups excluding carboxylic acids is 1. The molecule has 0 aliphatic rings. The summed E-state index contributed by atoms with van der Waals surface area (Å²) in [6.07, 6.45) is 3.12. The summed E-state index contributed by atoms with van der Waals surface area (Å²) < 4.78 is 14.6. The van der Waals surface area contributed by atoms with Crippen molar-refractivity contribution in [2.24, 2.45) is 5.73 Å². The second-order valence-corrected chi connectivity index (χ2v) is 5.66. The number of rotatable bonds is 8. The van der Waals surface area contributed by atoms with E-state index in [4.69, 9.17) is 15.2 Å². The molecule has 2 N–H and O–H groups in total. The van der Waals surface area contributed by atoms with Crippen LogP contribution in [-0.4, -0.2) is 33.8 Å². The van der Waals surface area contributed by atoms with E-state index in [0.717, 1.165) is 30.8 Å². The van der Waals surface area contributed by atoms with Gasteiger partial charge in [-0.2, -0.15) is 0 Å². The fraction of sp³-hybridized carbons (Fsp3) is 0.381. The minimum absolute atomic E-state index is 0. The first kappa shape index (κ1) is 24.8. The molecule has 0 unspecified atom stereocenters. The van der Waals surface area contributed by atoms with E-state index in [2.05, 4.69) is 4.74 Å². The van der Waals surface area contributed by atoms with Crippen molar-refractivity contribution in [2.45, 2.75) is 25.7 Å². The zero-order valence-corrected chi connectivity index (χ0v) is 17.1. The Morgan fingerprint density at radius 2 is 1.26 bits per heavy atom. The van der Waals surface area contributed by atoms with Crippen molar-refractivity contribution < 1.29 is 19.0 Å². The topological polar surface area (TPSA) is 70.8 Å². The fourth-order valence-electron chi connectivity index (χ4n) is 2.29. The van der Waals surface area contributed by atoms with Gasteiger partial charge in [0.1, 0.15) is 11.5 Å². The third-order valence-electron chi connectivity index (χ3n) is 3.83. The fourth-order valence-corrected chi connectivity index (χ4v) is 2.29. The van der Waals surface area contributed by atoms with Crippen LogP contribution in [0.3, 0.4) is 0 Å². The summed E-state index contributed by atoms with van der Waals surface area (Å²) >= 11 is 0. The molecule has 0 aliphatic heterocycles. The van der Waals surface area contributed by atoms with E-state index in [1.54, 1.807) is 14.2 Å². The molecule has 0 saturated carbocycles. The van der Waals surface area contributed by atoms with Crippen LogP contribution in [-0.2, 0) is 22.4 Å². The van der Waals surface area contributed by atoms with Crippen LogP contribution in [0.5, 0.6) is 11.5 Å². The number of aryl methyl sites for hydroxylation is 1. The van der Waals surface area contributed by atoms with Gasteiger partial charge in [0, 0.05) is 6.42 Å². The number of benzene rings is 2. The van der Waals surface area contributed by atoms with Crippen LogP contribution >= 0.6 is 12.4 Å². The van der Waals surface area contributed by atoms with Gasteiger partial charge in [0.2, 0.25) is 0 Å². The average molecular weight is 396 g/mol. The summed E-state index contributed by atoms with van der Waals surface area (Å²) in [4.78, 5) is 10.9. The second kappa shape index (κ2) is 14.9. The zero-order valence-electron chi connectivity index (χ0n) is 16.3. The number of methoxy groups -OCH3 is 3. The molecule has 0 saturated heterocycles. The molecule has 0 amide bonds. The molecular formula is C21H30ClNO4. The molecule has 2 aromatic carbocycles. The summed E-state index contributed by atoms with van der Waals surface area (Å²) in [5.41, 5.74) is 7.87. The molecule has 0 spiro atoms. The van der Waals surface area contributed by atoms with Crippen molar-refractivity contribution in [3.8, 4) is 11.5 Å². The van der Waals surface area contributed by atoms with Crippen LogP contribution in [0.1, 0.15) is 24.0 Å². The molecule has 0 fully saturated rings. The van der Waals surface area contributed by atoms with Crippen LogP contribution in [0, 0.1) is 0 Å². The first-order valence-corrected chi connectivity index (χ1v) is 8.65. The Labute approximate surface area is 168 Å². The van der Waals surface area contributed by atoms with E-state index in [9.17, 15) is 4.79 Å². The van der Waals surface area contributed by atoms with Crippen molar-refractivity contribution in [2.75, 3.05) is 27.9 Å². The summed E-state index contributed by atoms with van der Waals surface area (Å²) in [5.74, 6) is 1.60. The van der Waals surface area contributed by atoms with Gasteiger partial charge in [0.15, 0.2) is 0 Å². The van der Waals surface area contributed by atoms with Crippen molar-refractivity contribution in [3.63, 3.8) is 0 Å². The van der Waals surface area contributed by atoms with Crippen molar-refractivity contribution in [3.05, 3.63) is 59.7 Å². The Morgan fingerprint density at radius 3 is 1.63 bits per heavy atom. The van der Waals surface area contributed by atoms with Gasteiger partial charge >= 0.3 is 5.97 Å². The maximum atomic E-state index is 10.9. The van der Waals surface area contributed by atoms with E-state index in [0.29, 0.717) is 13.0 Å². The molecule has 5 nitrogen and oxygen atoms in total. The lowest BCUT2D eigenvalue weighted by atomic mass is 10.1. The smallest absolute Gasteiger partial charge is 0.305 e. The van der Waals surface area contributed by atoms with Gasteiger partial charge in [-0.05, 0) is 61.2 Å². The maximum Gasteiger partial charge on any atom is 0.305 e. The molecule has 0 bridgehead atoms. The lowest BCUT2D eigenvalue weighted by Gasteiger charge is -2.03. The van der Waals surface area contributed by atoms with Crippen molar-refractivity contribution >= 4 is 18.4 Å². The maximum absolute atomic E-state index is 10.9. The number of hydrogen-bond acceptors (Lipinski definition) is 5. The van der Waals surface area contributed by atoms with Crippen LogP contribution in [0.25, 0.3) is 0 Å². The minimum atomic E-state index is -0.150. The van der Waals surface area contributed by atoms with E-state index in [1.165, 1.54) is 18.2 Å². The highest BCUT2D eigenvalue weighted by Crippen LogP contribution is 2.13. The highest BCUT2D eigenvalue weighted by Gasteiger charge is 2.00. The average Bonchev–Trinajstić information content (AvgIpc) is 2.69. The van der Waals surface area contributed by atoms with Crippen LogP contribution < -0.4 is 15.2 Å². The van der Waals surface area contributed by atoms with Crippen molar-refractivity contribution in [1.29, 1.82) is 0 Å². The zero-order chi connectivity index (χ0) is 19.2. The number of halogens is 1. The lowest BCUT2D eigenvalue weighted by molar-refractivity contribution is -0.140.